The van der Waals surface area contributed by atoms with Crippen molar-refractivity contribution in [1.29, 1.82) is 0 Å². The second kappa shape index (κ2) is 7.91. The first-order chi connectivity index (χ1) is 13.1. The van der Waals surface area contributed by atoms with E-state index in [2.05, 4.69) is 21.2 Å². The summed E-state index contributed by atoms with van der Waals surface area (Å²) < 4.78 is 6.41. The predicted octanol–water partition coefficient (Wildman–Crippen LogP) is 3.56. The van der Waals surface area contributed by atoms with Crippen LogP contribution in [0.5, 0.6) is 0 Å². The number of likely N-dealkylation sites (tertiary alicyclic amines) is 1. The Bertz CT molecular complexity index is 754. The number of benzene rings is 1. The summed E-state index contributed by atoms with van der Waals surface area (Å²) in [5, 5.41) is 3.48. The van der Waals surface area contributed by atoms with E-state index >= 15 is 0 Å². The Morgan fingerprint density at radius 1 is 1.25 bits per heavy atom. The third-order valence-electron chi connectivity index (χ3n) is 4.99. The molecule has 28 heavy (non-hydrogen) atoms. The number of amides is 2. The summed E-state index contributed by atoms with van der Waals surface area (Å²) in [6.07, 6.45) is 0.937. The second-order valence-corrected chi connectivity index (χ2v) is 9.50. The number of carbonyl (C=O) groups is 2. The van der Waals surface area contributed by atoms with E-state index in [1.54, 1.807) is 4.90 Å². The van der Waals surface area contributed by atoms with Crippen LogP contribution in [0.2, 0.25) is 0 Å². The molecule has 1 aromatic rings. The fourth-order valence-corrected chi connectivity index (χ4v) is 4.04. The van der Waals surface area contributed by atoms with Gasteiger partial charge in [-0.15, -0.1) is 0 Å². The SMILES string of the molecule is CN(C)C1Nc2cc(Br)ccc2C(=O)N1C1CCN(C(=O)OC(C)(C)C)CC1. The van der Waals surface area contributed by atoms with Gasteiger partial charge in [-0.2, -0.15) is 0 Å². The number of hydrogen-bond donors (Lipinski definition) is 1. The summed E-state index contributed by atoms with van der Waals surface area (Å²) in [5.41, 5.74) is 1.01. The Kier molecular flexibility index (Phi) is 5.91. The van der Waals surface area contributed by atoms with Crippen LogP contribution in [0.15, 0.2) is 22.7 Å². The lowest BCUT2D eigenvalue weighted by Crippen LogP contribution is -2.61. The van der Waals surface area contributed by atoms with Gasteiger partial charge in [0.1, 0.15) is 5.60 Å². The number of halogens is 1. The Labute approximate surface area is 175 Å². The normalized spacial score (nSPS) is 20.8. The Balaban J connectivity index is 1.74. The largest absolute Gasteiger partial charge is 0.444 e. The monoisotopic (exact) mass is 452 g/mol. The molecule has 1 atom stereocenters. The highest BCUT2D eigenvalue weighted by Crippen LogP contribution is 2.32. The summed E-state index contributed by atoms with van der Waals surface area (Å²) in [7, 11) is 3.91. The zero-order chi connectivity index (χ0) is 20.6. The van der Waals surface area contributed by atoms with Gasteiger partial charge in [-0.25, -0.2) is 4.79 Å². The van der Waals surface area contributed by atoms with Gasteiger partial charge in [0.05, 0.1) is 11.3 Å². The molecule has 2 amide bonds. The van der Waals surface area contributed by atoms with Gasteiger partial charge in [-0.3, -0.25) is 9.69 Å². The summed E-state index contributed by atoms with van der Waals surface area (Å²) in [6, 6.07) is 5.73. The first kappa shape index (κ1) is 20.9. The van der Waals surface area contributed by atoms with E-state index in [1.807, 2.05) is 62.9 Å². The summed E-state index contributed by atoms with van der Waals surface area (Å²) >= 11 is 3.47. The van der Waals surface area contributed by atoms with E-state index < -0.39 is 5.60 Å². The lowest BCUT2D eigenvalue weighted by atomic mass is 10.00. The number of hydrogen-bond acceptors (Lipinski definition) is 5. The molecule has 2 aliphatic heterocycles. The molecule has 1 aromatic carbocycles. The number of carbonyl (C=O) groups excluding carboxylic acids is 2. The highest BCUT2D eigenvalue weighted by atomic mass is 79.9. The molecule has 2 heterocycles. The summed E-state index contributed by atoms with van der Waals surface area (Å²) in [4.78, 5) is 31.3. The van der Waals surface area contributed by atoms with Crippen LogP contribution in [0.25, 0.3) is 0 Å². The smallest absolute Gasteiger partial charge is 0.410 e. The number of fused-ring (bicyclic) bond motifs is 1. The quantitative estimate of drug-likeness (QED) is 0.742. The Morgan fingerprint density at radius 2 is 1.89 bits per heavy atom. The maximum absolute atomic E-state index is 13.3. The predicted molar refractivity (Wildman–Crippen MR) is 112 cm³/mol. The zero-order valence-corrected chi connectivity index (χ0v) is 18.7. The van der Waals surface area contributed by atoms with Crippen LogP contribution in [0.3, 0.4) is 0 Å². The molecule has 7 nitrogen and oxygen atoms in total. The second-order valence-electron chi connectivity index (χ2n) is 8.58. The van der Waals surface area contributed by atoms with E-state index in [4.69, 9.17) is 4.74 Å². The molecular formula is C20H29BrN4O3. The van der Waals surface area contributed by atoms with Gasteiger partial charge in [-0.1, -0.05) is 15.9 Å². The van der Waals surface area contributed by atoms with Gasteiger partial charge < -0.3 is 19.9 Å². The molecule has 1 N–H and O–H groups in total. The van der Waals surface area contributed by atoms with Gasteiger partial charge in [0.25, 0.3) is 5.91 Å². The number of nitrogens with zero attached hydrogens (tertiary/aromatic N) is 3. The minimum absolute atomic E-state index is 0.0238. The molecule has 1 unspecified atom stereocenters. The fraction of sp³-hybridized carbons (Fsp3) is 0.600. The van der Waals surface area contributed by atoms with Crippen molar-refractivity contribution in [1.82, 2.24) is 14.7 Å². The van der Waals surface area contributed by atoms with Crippen LogP contribution >= 0.6 is 15.9 Å². The van der Waals surface area contributed by atoms with Gasteiger partial charge in [0.15, 0.2) is 6.29 Å². The molecule has 0 aromatic heterocycles. The van der Waals surface area contributed by atoms with Gasteiger partial charge >= 0.3 is 6.09 Å². The topological polar surface area (TPSA) is 65.1 Å². The van der Waals surface area contributed by atoms with Crippen molar-refractivity contribution in [3.63, 3.8) is 0 Å². The highest BCUT2D eigenvalue weighted by molar-refractivity contribution is 9.10. The molecule has 0 saturated carbocycles. The maximum atomic E-state index is 13.3. The van der Waals surface area contributed by atoms with Crippen LogP contribution in [0.1, 0.15) is 44.0 Å². The fourth-order valence-electron chi connectivity index (χ4n) is 3.68. The van der Waals surface area contributed by atoms with Crippen molar-refractivity contribution < 1.29 is 14.3 Å². The third kappa shape index (κ3) is 4.43. The van der Waals surface area contributed by atoms with Crippen LogP contribution in [0, 0.1) is 0 Å². The molecule has 0 radical (unpaired) electrons. The molecule has 1 saturated heterocycles. The zero-order valence-electron chi connectivity index (χ0n) is 17.2. The molecule has 3 rings (SSSR count). The third-order valence-corrected chi connectivity index (χ3v) is 5.49. The van der Waals surface area contributed by atoms with E-state index in [0.29, 0.717) is 18.7 Å². The average Bonchev–Trinajstić information content (AvgIpc) is 2.60. The van der Waals surface area contributed by atoms with E-state index in [0.717, 1.165) is 23.0 Å². The number of rotatable bonds is 2. The number of nitrogens with one attached hydrogen (secondary N) is 1. The average molecular weight is 453 g/mol. The van der Waals surface area contributed by atoms with Crippen molar-refractivity contribution in [2.75, 3.05) is 32.5 Å². The molecule has 1 fully saturated rings. The molecule has 0 bridgehead atoms. The van der Waals surface area contributed by atoms with Crippen LogP contribution in [0.4, 0.5) is 10.5 Å². The summed E-state index contributed by atoms with van der Waals surface area (Å²) in [6.45, 7) is 6.76. The van der Waals surface area contributed by atoms with Crippen molar-refractivity contribution in [2.45, 2.75) is 51.5 Å². The Hall–Kier alpha value is -1.80. The lowest BCUT2D eigenvalue weighted by Gasteiger charge is -2.47. The lowest BCUT2D eigenvalue weighted by molar-refractivity contribution is 0.00284. The van der Waals surface area contributed by atoms with Gasteiger partial charge in [0, 0.05) is 23.6 Å². The number of piperidine rings is 1. The minimum Gasteiger partial charge on any atom is -0.444 e. The number of ether oxygens (including phenoxy) is 1. The van der Waals surface area contributed by atoms with Crippen LogP contribution < -0.4 is 5.32 Å². The Morgan fingerprint density at radius 3 is 2.46 bits per heavy atom. The first-order valence-electron chi connectivity index (χ1n) is 9.60. The van der Waals surface area contributed by atoms with Gasteiger partial charge in [0.2, 0.25) is 0 Å². The number of anilines is 1. The van der Waals surface area contributed by atoms with Gasteiger partial charge in [-0.05, 0) is 65.9 Å². The van der Waals surface area contributed by atoms with E-state index in [1.165, 1.54) is 0 Å². The van der Waals surface area contributed by atoms with E-state index in [9.17, 15) is 9.59 Å². The van der Waals surface area contributed by atoms with Crippen LogP contribution in [-0.2, 0) is 4.74 Å². The first-order valence-corrected chi connectivity index (χ1v) is 10.4. The van der Waals surface area contributed by atoms with Crippen molar-refractivity contribution >= 4 is 33.6 Å². The van der Waals surface area contributed by atoms with Crippen molar-refractivity contribution in [3.8, 4) is 0 Å². The molecular weight excluding hydrogens is 424 g/mol. The highest BCUT2D eigenvalue weighted by Gasteiger charge is 2.40. The maximum Gasteiger partial charge on any atom is 0.410 e. The molecule has 8 heteroatoms. The van der Waals surface area contributed by atoms with Crippen molar-refractivity contribution in [3.05, 3.63) is 28.2 Å². The van der Waals surface area contributed by atoms with Crippen LogP contribution in [-0.4, -0.2) is 71.8 Å². The molecule has 0 aliphatic carbocycles. The van der Waals surface area contributed by atoms with Crippen molar-refractivity contribution in [2.24, 2.45) is 0 Å². The minimum atomic E-state index is -0.505. The summed E-state index contributed by atoms with van der Waals surface area (Å²) in [5.74, 6) is 0.0238. The van der Waals surface area contributed by atoms with E-state index in [-0.39, 0.29) is 24.3 Å². The molecule has 2 aliphatic rings. The standard InChI is InChI=1S/C20H29BrN4O3/c1-20(2,3)28-19(27)24-10-8-14(9-11-24)25-17(26)15-7-6-13(21)12-16(15)22-18(25)23(4)5/h6-7,12,14,18,22H,8-11H2,1-5H3. The molecule has 154 valence electrons. The molecule has 0 spiro atoms.